The standard InChI is InChI=1S/C7H5IO2S/c8-5-3-4-11-6(5)1-2-7(9)10/h1-4H,(H,9,10)/b2-1+. The highest BCUT2D eigenvalue weighted by Gasteiger charge is 1.95. The van der Waals surface area contributed by atoms with Crippen LogP contribution in [0, 0.1) is 3.57 Å². The van der Waals surface area contributed by atoms with Crippen LogP contribution in [0.3, 0.4) is 0 Å². The topological polar surface area (TPSA) is 37.3 Å². The number of rotatable bonds is 2. The van der Waals surface area contributed by atoms with Crippen molar-refractivity contribution >= 4 is 46.0 Å². The van der Waals surface area contributed by atoms with Crippen molar-refractivity contribution < 1.29 is 9.90 Å². The van der Waals surface area contributed by atoms with Gasteiger partial charge in [-0.15, -0.1) is 11.3 Å². The first-order valence-corrected chi connectivity index (χ1v) is 4.80. The molecule has 1 rings (SSSR count). The van der Waals surface area contributed by atoms with E-state index in [2.05, 4.69) is 22.6 Å². The number of hydrogen-bond donors (Lipinski definition) is 1. The van der Waals surface area contributed by atoms with Crippen molar-refractivity contribution in [1.29, 1.82) is 0 Å². The zero-order valence-corrected chi connectivity index (χ0v) is 8.43. The van der Waals surface area contributed by atoms with Crippen LogP contribution in [0.2, 0.25) is 0 Å². The Balaban J connectivity index is 2.79. The Morgan fingerprint density at radius 1 is 1.73 bits per heavy atom. The largest absolute Gasteiger partial charge is 0.478 e. The monoisotopic (exact) mass is 280 g/mol. The molecule has 0 spiro atoms. The molecule has 0 atom stereocenters. The summed E-state index contributed by atoms with van der Waals surface area (Å²) in [6.45, 7) is 0. The van der Waals surface area contributed by atoms with Crippen molar-refractivity contribution in [3.05, 3.63) is 26.0 Å². The zero-order chi connectivity index (χ0) is 8.27. The molecule has 1 aromatic heterocycles. The van der Waals surface area contributed by atoms with E-state index in [-0.39, 0.29) is 0 Å². The van der Waals surface area contributed by atoms with E-state index < -0.39 is 5.97 Å². The second-order valence-corrected chi connectivity index (χ2v) is 3.91. The molecule has 11 heavy (non-hydrogen) atoms. The lowest BCUT2D eigenvalue weighted by Gasteiger charge is -1.84. The Morgan fingerprint density at radius 3 is 2.91 bits per heavy atom. The average molecular weight is 280 g/mol. The summed E-state index contributed by atoms with van der Waals surface area (Å²) < 4.78 is 1.09. The van der Waals surface area contributed by atoms with Crippen LogP contribution in [-0.4, -0.2) is 11.1 Å². The molecule has 0 unspecified atom stereocenters. The van der Waals surface area contributed by atoms with E-state index in [4.69, 9.17) is 5.11 Å². The third-order valence-corrected chi connectivity index (χ3v) is 3.21. The lowest BCUT2D eigenvalue weighted by Crippen LogP contribution is -1.84. The van der Waals surface area contributed by atoms with Crippen LogP contribution in [0.25, 0.3) is 6.08 Å². The van der Waals surface area contributed by atoms with Crippen molar-refractivity contribution in [3.63, 3.8) is 0 Å². The molecule has 2 nitrogen and oxygen atoms in total. The number of hydrogen-bond acceptors (Lipinski definition) is 2. The van der Waals surface area contributed by atoms with Crippen LogP contribution in [0.1, 0.15) is 4.88 Å². The number of halogens is 1. The summed E-state index contributed by atoms with van der Waals surface area (Å²) in [5.74, 6) is -0.908. The maximum atomic E-state index is 10.1. The summed E-state index contributed by atoms with van der Waals surface area (Å²) in [5, 5.41) is 10.3. The van der Waals surface area contributed by atoms with E-state index in [1.54, 1.807) is 6.08 Å². The van der Waals surface area contributed by atoms with Gasteiger partial charge in [-0.2, -0.15) is 0 Å². The molecule has 4 heteroatoms. The van der Waals surface area contributed by atoms with Gasteiger partial charge < -0.3 is 5.11 Å². The van der Waals surface area contributed by atoms with Gasteiger partial charge in [-0.05, 0) is 40.1 Å². The van der Waals surface area contributed by atoms with Crippen LogP contribution in [0.5, 0.6) is 0 Å². The van der Waals surface area contributed by atoms with Crippen LogP contribution in [-0.2, 0) is 4.79 Å². The van der Waals surface area contributed by atoms with Crippen molar-refractivity contribution in [1.82, 2.24) is 0 Å². The molecule has 58 valence electrons. The van der Waals surface area contributed by atoms with Gasteiger partial charge in [0.15, 0.2) is 0 Å². The molecule has 0 bridgehead atoms. The van der Waals surface area contributed by atoms with Gasteiger partial charge in [0, 0.05) is 14.5 Å². The molecule has 0 saturated heterocycles. The normalized spacial score (nSPS) is 10.6. The maximum absolute atomic E-state index is 10.1. The molecule has 0 fully saturated rings. The second-order valence-electron chi connectivity index (χ2n) is 1.80. The lowest BCUT2D eigenvalue weighted by atomic mass is 10.4. The van der Waals surface area contributed by atoms with Gasteiger partial charge in [0.2, 0.25) is 0 Å². The smallest absolute Gasteiger partial charge is 0.328 e. The van der Waals surface area contributed by atoms with Crippen molar-refractivity contribution in [2.75, 3.05) is 0 Å². The van der Waals surface area contributed by atoms with E-state index in [1.807, 2.05) is 11.4 Å². The van der Waals surface area contributed by atoms with Crippen molar-refractivity contribution in [2.24, 2.45) is 0 Å². The Labute approximate surface area is 81.7 Å². The second kappa shape index (κ2) is 3.87. The van der Waals surface area contributed by atoms with Crippen molar-refractivity contribution in [3.8, 4) is 0 Å². The summed E-state index contributed by atoms with van der Waals surface area (Å²) in [7, 11) is 0. The zero-order valence-electron chi connectivity index (χ0n) is 5.45. The SMILES string of the molecule is O=C(O)/C=C/c1sccc1I. The fourth-order valence-electron chi connectivity index (χ4n) is 0.571. The highest BCUT2D eigenvalue weighted by molar-refractivity contribution is 14.1. The molecule has 0 aromatic carbocycles. The van der Waals surface area contributed by atoms with Crippen LogP contribution < -0.4 is 0 Å². The summed E-state index contributed by atoms with van der Waals surface area (Å²) in [6.07, 6.45) is 2.75. The van der Waals surface area contributed by atoms with E-state index in [0.717, 1.165) is 14.5 Å². The summed E-state index contributed by atoms with van der Waals surface area (Å²) in [5.41, 5.74) is 0. The first-order valence-electron chi connectivity index (χ1n) is 2.84. The molecule has 0 saturated carbocycles. The average Bonchev–Trinajstić information content (AvgIpc) is 2.31. The summed E-state index contributed by atoms with van der Waals surface area (Å²) >= 11 is 3.70. The number of carboxylic acids is 1. The van der Waals surface area contributed by atoms with Crippen LogP contribution in [0.4, 0.5) is 0 Å². The Kier molecular flexibility index (Phi) is 3.07. The Hall–Kier alpha value is -0.360. The minimum atomic E-state index is -0.908. The van der Waals surface area contributed by atoms with E-state index in [9.17, 15) is 4.79 Å². The quantitative estimate of drug-likeness (QED) is 0.667. The van der Waals surface area contributed by atoms with Gasteiger partial charge in [0.05, 0.1) is 0 Å². The minimum absolute atomic E-state index is 0.908. The molecule has 0 radical (unpaired) electrons. The molecule has 0 aliphatic heterocycles. The summed E-state index contributed by atoms with van der Waals surface area (Å²) in [4.78, 5) is 11.1. The number of aliphatic carboxylic acids is 1. The summed E-state index contributed by atoms with van der Waals surface area (Å²) in [6, 6.07) is 1.95. The predicted molar refractivity (Wildman–Crippen MR) is 53.7 cm³/mol. The molecule has 1 N–H and O–H groups in total. The highest BCUT2D eigenvalue weighted by atomic mass is 127. The van der Waals surface area contributed by atoms with Gasteiger partial charge in [0.25, 0.3) is 0 Å². The van der Waals surface area contributed by atoms with Gasteiger partial charge in [-0.25, -0.2) is 4.79 Å². The molecule has 0 aliphatic carbocycles. The maximum Gasteiger partial charge on any atom is 0.328 e. The minimum Gasteiger partial charge on any atom is -0.478 e. The Morgan fingerprint density at radius 2 is 2.45 bits per heavy atom. The predicted octanol–water partition coefficient (Wildman–Crippen LogP) is 2.45. The van der Waals surface area contributed by atoms with Crippen molar-refractivity contribution in [2.45, 2.75) is 0 Å². The molecule has 1 aromatic rings. The fraction of sp³-hybridized carbons (Fsp3) is 0. The molecule has 0 amide bonds. The molecular formula is C7H5IO2S. The highest BCUT2D eigenvalue weighted by Crippen LogP contribution is 2.19. The van der Waals surface area contributed by atoms with Gasteiger partial charge >= 0.3 is 5.97 Å². The fourth-order valence-corrected chi connectivity index (χ4v) is 2.23. The third kappa shape index (κ3) is 2.63. The third-order valence-electron chi connectivity index (χ3n) is 1.02. The molecule has 0 aliphatic rings. The first-order chi connectivity index (χ1) is 5.20. The number of carboxylic acid groups (broad SMARTS) is 1. The molecule has 1 heterocycles. The molecular weight excluding hydrogens is 275 g/mol. The van der Waals surface area contributed by atoms with Gasteiger partial charge in [-0.1, -0.05) is 0 Å². The lowest BCUT2D eigenvalue weighted by molar-refractivity contribution is -0.131. The van der Waals surface area contributed by atoms with Crippen LogP contribution in [0.15, 0.2) is 17.5 Å². The number of carbonyl (C=O) groups is 1. The van der Waals surface area contributed by atoms with E-state index in [1.165, 1.54) is 11.3 Å². The Bertz CT molecular complexity index is 290. The van der Waals surface area contributed by atoms with Crippen LogP contribution >= 0.6 is 33.9 Å². The first kappa shape index (κ1) is 8.73. The van der Waals surface area contributed by atoms with Gasteiger partial charge in [-0.3, -0.25) is 0 Å². The number of thiophene rings is 1. The van der Waals surface area contributed by atoms with Gasteiger partial charge in [0.1, 0.15) is 0 Å². The van der Waals surface area contributed by atoms with E-state index in [0.29, 0.717) is 0 Å². The van der Waals surface area contributed by atoms with E-state index >= 15 is 0 Å².